The molecule has 1 aromatic rings. The molecule has 0 aliphatic carbocycles. The lowest BCUT2D eigenvalue weighted by atomic mass is 10.2. The molecule has 0 unspecified atom stereocenters. The second-order valence-corrected chi connectivity index (χ2v) is 3.45. The van der Waals surface area contributed by atoms with E-state index in [-0.39, 0.29) is 23.6 Å². The summed E-state index contributed by atoms with van der Waals surface area (Å²) in [5.41, 5.74) is -0.444. The van der Waals surface area contributed by atoms with Crippen LogP contribution < -0.4 is 0 Å². The summed E-state index contributed by atoms with van der Waals surface area (Å²) in [6.45, 7) is 2.18. The summed E-state index contributed by atoms with van der Waals surface area (Å²) in [4.78, 5) is 21.4. The molecule has 0 radical (unpaired) electrons. The van der Waals surface area contributed by atoms with Crippen LogP contribution in [0.2, 0.25) is 0 Å². The molecule has 0 heterocycles. The first-order chi connectivity index (χ1) is 8.06. The van der Waals surface area contributed by atoms with Gasteiger partial charge < -0.3 is 9.84 Å². The van der Waals surface area contributed by atoms with Gasteiger partial charge in [-0.25, -0.2) is 4.79 Å². The third kappa shape index (κ3) is 3.44. The molecule has 0 aliphatic rings. The van der Waals surface area contributed by atoms with E-state index in [2.05, 4.69) is 0 Å². The second-order valence-electron chi connectivity index (χ2n) is 3.45. The van der Waals surface area contributed by atoms with Crippen molar-refractivity contribution in [3.63, 3.8) is 0 Å². The van der Waals surface area contributed by atoms with Gasteiger partial charge in [-0.3, -0.25) is 10.1 Å². The molecule has 0 spiro atoms. The van der Waals surface area contributed by atoms with E-state index in [9.17, 15) is 20.0 Å². The van der Waals surface area contributed by atoms with E-state index >= 15 is 0 Å². The highest BCUT2D eigenvalue weighted by Crippen LogP contribution is 2.23. The quantitative estimate of drug-likeness (QED) is 0.368. The van der Waals surface area contributed by atoms with Gasteiger partial charge in [0.05, 0.1) is 11.5 Å². The topological polar surface area (TPSA) is 89.7 Å². The number of phenols is 1. The molecule has 92 valence electrons. The molecule has 1 N–H and O–H groups in total. The monoisotopic (exact) mass is 239 g/mol. The maximum atomic E-state index is 11.5. The molecule has 1 rings (SSSR count). The number of ether oxygens (including phenoxy) is 1. The molecule has 0 aliphatic heterocycles. The molecule has 0 aromatic heterocycles. The predicted octanol–water partition coefficient (Wildman–Crippen LogP) is 2.26. The van der Waals surface area contributed by atoms with Gasteiger partial charge >= 0.3 is 5.97 Å². The fourth-order valence-corrected chi connectivity index (χ4v) is 1.19. The summed E-state index contributed by atoms with van der Waals surface area (Å²) < 4.78 is 4.86. The SMILES string of the molecule is CCCCOC(=O)c1cc([N+](=O)[O-])ccc1O. The van der Waals surface area contributed by atoms with Crippen molar-refractivity contribution in [3.05, 3.63) is 33.9 Å². The van der Waals surface area contributed by atoms with Crippen LogP contribution in [0.25, 0.3) is 0 Å². The standard InChI is InChI=1S/C11H13NO5/c1-2-3-6-17-11(14)9-7-8(12(15)16)4-5-10(9)13/h4-5,7,13H,2-3,6H2,1H3. The van der Waals surface area contributed by atoms with E-state index in [1.165, 1.54) is 0 Å². The van der Waals surface area contributed by atoms with Crippen LogP contribution in [-0.4, -0.2) is 22.6 Å². The molecule has 0 bridgehead atoms. The van der Waals surface area contributed by atoms with Crippen LogP contribution in [-0.2, 0) is 4.74 Å². The second kappa shape index (κ2) is 5.83. The Morgan fingerprint density at radius 1 is 1.53 bits per heavy atom. The Morgan fingerprint density at radius 3 is 2.82 bits per heavy atom. The number of carbonyl (C=O) groups is 1. The van der Waals surface area contributed by atoms with Crippen LogP contribution in [0.4, 0.5) is 5.69 Å². The number of unbranched alkanes of at least 4 members (excludes halogenated alkanes) is 1. The molecule has 1 aromatic carbocycles. The van der Waals surface area contributed by atoms with Crippen molar-refractivity contribution < 1.29 is 19.6 Å². The summed E-state index contributed by atoms with van der Waals surface area (Å²) in [5.74, 6) is -1.07. The normalized spacial score (nSPS) is 9.94. The Balaban J connectivity index is 2.84. The maximum absolute atomic E-state index is 11.5. The van der Waals surface area contributed by atoms with E-state index in [0.717, 1.165) is 24.6 Å². The van der Waals surface area contributed by atoms with Gasteiger partial charge in [0.1, 0.15) is 11.3 Å². The fourth-order valence-electron chi connectivity index (χ4n) is 1.19. The minimum absolute atomic E-state index is 0.185. The number of aromatic hydroxyl groups is 1. The molecule has 17 heavy (non-hydrogen) atoms. The van der Waals surface area contributed by atoms with Gasteiger partial charge in [-0.15, -0.1) is 0 Å². The summed E-state index contributed by atoms with van der Waals surface area (Å²) >= 11 is 0. The Bertz CT molecular complexity index is 430. The number of nitro benzene ring substituents is 1. The first-order valence-corrected chi connectivity index (χ1v) is 5.20. The molecular weight excluding hydrogens is 226 g/mol. The minimum Gasteiger partial charge on any atom is -0.507 e. The zero-order valence-corrected chi connectivity index (χ0v) is 9.38. The summed E-state index contributed by atoms with van der Waals surface area (Å²) in [6.07, 6.45) is 1.58. The van der Waals surface area contributed by atoms with Crippen molar-refractivity contribution >= 4 is 11.7 Å². The maximum Gasteiger partial charge on any atom is 0.342 e. The van der Waals surface area contributed by atoms with E-state index in [4.69, 9.17) is 4.74 Å². The highest BCUT2D eigenvalue weighted by atomic mass is 16.6. The molecule has 0 atom stereocenters. The predicted molar refractivity (Wildman–Crippen MR) is 60.0 cm³/mol. The Morgan fingerprint density at radius 2 is 2.24 bits per heavy atom. The summed E-state index contributed by atoms with van der Waals surface area (Å²) in [5, 5.41) is 19.9. The highest BCUT2D eigenvalue weighted by Gasteiger charge is 2.17. The van der Waals surface area contributed by atoms with Gasteiger partial charge in [0.15, 0.2) is 0 Å². The van der Waals surface area contributed by atoms with Gasteiger partial charge in [0.25, 0.3) is 5.69 Å². The van der Waals surface area contributed by atoms with Crippen molar-refractivity contribution in [2.45, 2.75) is 19.8 Å². The molecule has 0 saturated carbocycles. The fraction of sp³-hybridized carbons (Fsp3) is 0.364. The average Bonchev–Trinajstić information content (AvgIpc) is 2.29. The lowest BCUT2D eigenvalue weighted by molar-refractivity contribution is -0.384. The number of carbonyl (C=O) groups excluding carboxylic acids is 1. The van der Waals surface area contributed by atoms with Gasteiger partial charge in [-0.2, -0.15) is 0 Å². The third-order valence-corrected chi connectivity index (χ3v) is 2.14. The van der Waals surface area contributed by atoms with Crippen molar-refractivity contribution in [2.24, 2.45) is 0 Å². The smallest absolute Gasteiger partial charge is 0.342 e. The van der Waals surface area contributed by atoms with Gasteiger partial charge in [0, 0.05) is 12.1 Å². The third-order valence-electron chi connectivity index (χ3n) is 2.14. The molecular formula is C11H13NO5. The number of nitro groups is 1. The van der Waals surface area contributed by atoms with E-state index < -0.39 is 10.9 Å². The van der Waals surface area contributed by atoms with Crippen LogP contribution in [0.3, 0.4) is 0 Å². The molecule has 0 amide bonds. The number of nitrogens with zero attached hydrogens (tertiary/aromatic N) is 1. The highest BCUT2D eigenvalue weighted by molar-refractivity contribution is 5.93. The molecule has 6 heteroatoms. The van der Waals surface area contributed by atoms with Crippen LogP contribution in [0.1, 0.15) is 30.1 Å². The van der Waals surface area contributed by atoms with E-state index in [1.807, 2.05) is 6.92 Å². The lowest BCUT2D eigenvalue weighted by Gasteiger charge is -2.05. The van der Waals surface area contributed by atoms with Crippen molar-refractivity contribution in [1.82, 2.24) is 0 Å². The van der Waals surface area contributed by atoms with E-state index in [0.29, 0.717) is 6.42 Å². The first-order valence-electron chi connectivity index (χ1n) is 5.20. The van der Waals surface area contributed by atoms with Gasteiger partial charge in [0.2, 0.25) is 0 Å². The largest absolute Gasteiger partial charge is 0.507 e. The number of non-ortho nitro benzene ring substituents is 1. The Kier molecular flexibility index (Phi) is 4.45. The van der Waals surface area contributed by atoms with Crippen molar-refractivity contribution in [1.29, 1.82) is 0 Å². The van der Waals surface area contributed by atoms with Crippen LogP contribution in [0.15, 0.2) is 18.2 Å². The van der Waals surface area contributed by atoms with Gasteiger partial charge in [-0.1, -0.05) is 13.3 Å². The Hall–Kier alpha value is -2.11. The number of hydrogen-bond acceptors (Lipinski definition) is 5. The molecule has 0 saturated heterocycles. The molecule has 6 nitrogen and oxygen atoms in total. The summed E-state index contributed by atoms with van der Waals surface area (Å²) in [6, 6.07) is 3.23. The van der Waals surface area contributed by atoms with Crippen molar-refractivity contribution in [3.8, 4) is 5.75 Å². The summed E-state index contributed by atoms with van der Waals surface area (Å²) in [7, 11) is 0. The van der Waals surface area contributed by atoms with Crippen molar-refractivity contribution in [2.75, 3.05) is 6.61 Å². The first kappa shape index (κ1) is 13.0. The van der Waals surface area contributed by atoms with Crippen LogP contribution in [0.5, 0.6) is 5.75 Å². The minimum atomic E-state index is -0.750. The zero-order valence-electron chi connectivity index (χ0n) is 9.38. The van der Waals surface area contributed by atoms with E-state index in [1.54, 1.807) is 0 Å². The van der Waals surface area contributed by atoms with Gasteiger partial charge in [-0.05, 0) is 12.5 Å². The number of benzene rings is 1. The van der Waals surface area contributed by atoms with Crippen LogP contribution >= 0.6 is 0 Å². The van der Waals surface area contributed by atoms with Crippen LogP contribution in [0, 0.1) is 10.1 Å². The number of phenolic OH excluding ortho intramolecular Hbond substituents is 1. The zero-order chi connectivity index (χ0) is 12.8. The number of esters is 1. The average molecular weight is 239 g/mol. The Labute approximate surface area is 98.0 Å². The number of rotatable bonds is 5. The lowest BCUT2D eigenvalue weighted by Crippen LogP contribution is -2.07. The number of hydrogen-bond donors (Lipinski definition) is 1. The molecule has 0 fully saturated rings.